The second-order valence-electron chi connectivity index (χ2n) is 5.54. The lowest BCUT2D eigenvalue weighted by Gasteiger charge is -2.38. The summed E-state index contributed by atoms with van der Waals surface area (Å²) in [6, 6.07) is 8.99. The molecule has 1 aliphatic heterocycles. The van der Waals surface area contributed by atoms with Crippen molar-refractivity contribution in [3.8, 4) is 6.07 Å². The second kappa shape index (κ2) is 6.02. The summed E-state index contributed by atoms with van der Waals surface area (Å²) < 4.78 is 0. The molecular formula is C15H19N3O2. The first-order valence-corrected chi connectivity index (χ1v) is 6.95. The summed E-state index contributed by atoms with van der Waals surface area (Å²) in [7, 11) is 0. The molecule has 0 N–H and O–H groups in total. The fourth-order valence-corrected chi connectivity index (χ4v) is 2.79. The van der Waals surface area contributed by atoms with Crippen LogP contribution in [0.15, 0.2) is 24.3 Å². The lowest BCUT2D eigenvalue weighted by Crippen LogP contribution is -2.49. The number of nitriles is 1. The maximum absolute atomic E-state index is 10.8. The van der Waals surface area contributed by atoms with Crippen molar-refractivity contribution in [1.29, 1.82) is 5.26 Å². The zero-order chi connectivity index (χ0) is 14.6. The van der Waals surface area contributed by atoms with E-state index in [1.807, 2.05) is 13.0 Å². The van der Waals surface area contributed by atoms with E-state index in [1.54, 1.807) is 12.1 Å². The van der Waals surface area contributed by atoms with Crippen LogP contribution in [0.3, 0.4) is 0 Å². The molecule has 0 amide bonds. The average Bonchev–Trinajstić information content (AvgIpc) is 2.48. The number of likely N-dealkylation sites (tertiary alicyclic amines) is 1. The van der Waals surface area contributed by atoms with Crippen LogP contribution < -0.4 is 0 Å². The molecule has 1 atom stereocenters. The highest BCUT2D eigenvalue weighted by molar-refractivity contribution is 5.35. The molecule has 0 radical (unpaired) electrons. The van der Waals surface area contributed by atoms with Gasteiger partial charge in [-0.15, -0.1) is 0 Å². The van der Waals surface area contributed by atoms with Gasteiger partial charge in [0.05, 0.1) is 11.0 Å². The molecule has 1 fully saturated rings. The van der Waals surface area contributed by atoms with Crippen LogP contribution in [-0.2, 0) is 6.42 Å². The minimum Gasteiger partial charge on any atom is -0.285 e. The number of nitrogens with zero attached hydrogens (tertiary/aromatic N) is 3. The standard InChI is InChI=1S/C15H19N3O2/c1-15(12-16,17-8-3-2-4-9-17)11-13-6-5-7-14(10-13)18(19)20/h5-7,10H,2-4,8-9,11H2,1H3. The van der Waals surface area contributed by atoms with Gasteiger partial charge < -0.3 is 0 Å². The molecule has 0 bridgehead atoms. The van der Waals surface area contributed by atoms with Crippen molar-refractivity contribution in [2.45, 2.75) is 38.1 Å². The molecule has 20 heavy (non-hydrogen) atoms. The Morgan fingerprint density at radius 1 is 1.40 bits per heavy atom. The Bertz CT molecular complexity index is 532. The molecule has 106 valence electrons. The van der Waals surface area contributed by atoms with Crippen molar-refractivity contribution in [3.63, 3.8) is 0 Å². The largest absolute Gasteiger partial charge is 0.285 e. The average molecular weight is 273 g/mol. The summed E-state index contributed by atoms with van der Waals surface area (Å²) in [5, 5.41) is 20.4. The summed E-state index contributed by atoms with van der Waals surface area (Å²) in [6.45, 7) is 3.79. The summed E-state index contributed by atoms with van der Waals surface area (Å²) in [5.74, 6) is 0. The molecule has 5 nitrogen and oxygen atoms in total. The Hall–Kier alpha value is -1.93. The predicted molar refractivity (Wildman–Crippen MR) is 76.2 cm³/mol. The third-order valence-corrected chi connectivity index (χ3v) is 3.96. The van der Waals surface area contributed by atoms with Crippen LogP contribution in [0.5, 0.6) is 0 Å². The third-order valence-electron chi connectivity index (χ3n) is 3.96. The van der Waals surface area contributed by atoms with E-state index in [0.29, 0.717) is 6.42 Å². The molecule has 1 aliphatic rings. The van der Waals surface area contributed by atoms with Crippen molar-refractivity contribution in [3.05, 3.63) is 39.9 Å². The van der Waals surface area contributed by atoms with E-state index in [2.05, 4.69) is 11.0 Å². The van der Waals surface area contributed by atoms with Crippen LogP contribution in [0.2, 0.25) is 0 Å². The quantitative estimate of drug-likeness (QED) is 0.624. The minimum atomic E-state index is -0.588. The monoisotopic (exact) mass is 273 g/mol. The number of rotatable bonds is 4. The van der Waals surface area contributed by atoms with Gasteiger partial charge in [-0.2, -0.15) is 5.26 Å². The van der Waals surface area contributed by atoms with Gasteiger partial charge in [-0.1, -0.05) is 18.6 Å². The molecular weight excluding hydrogens is 254 g/mol. The first kappa shape index (κ1) is 14.5. The summed E-state index contributed by atoms with van der Waals surface area (Å²) in [4.78, 5) is 12.6. The van der Waals surface area contributed by atoms with Crippen LogP contribution in [0.4, 0.5) is 5.69 Å². The Kier molecular flexibility index (Phi) is 4.35. The zero-order valence-electron chi connectivity index (χ0n) is 11.7. The maximum atomic E-state index is 10.8. The number of piperidine rings is 1. The van der Waals surface area contributed by atoms with Gasteiger partial charge in [-0.25, -0.2) is 0 Å². The van der Waals surface area contributed by atoms with Crippen molar-refractivity contribution >= 4 is 5.69 Å². The van der Waals surface area contributed by atoms with E-state index >= 15 is 0 Å². The van der Waals surface area contributed by atoms with Gasteiger partial charge in [-0.3, -0.25) is 15.0 Å². The third kappa shape index (κ3) is 3.14. The van der Waals surface area contributed by atoms with E-state index in [1.165, 1.54) is 12.5 Å². The highest BCUT2D eigenvalue weighted by atomic mass is 16.6. The van der Waals surface area contributed by atoms with E-state index in [9.17, 15) is 15.4 Å². The highest BCUT2D eigenvalue weighted by Crippen LogP contribution is 2.25. The van der Waals surface area contributed by atoms with Gasteiger partial charge >= 0.3 is 0 Å². The molecule has 2 rings (SSSR count). The molecule has 1 aromatic rings. The molecule has 5 heteroatoms. The predicted octanol–water partition coefficient (Wildman–Crippen LogP) is 2.91. The lowest BCUT2D eigenvalue weighted by atomic mass is 9.90. The number of hydrogen-bond acceptors (Lipinski definition) is 4. The molecule has 1 heterocycles. The zero-order valence-corrected chi connectivity index (χ0v) is 11.7. The van der Waals surface area contributed by atoms with Crippen molar-refractivity contribution < 1.29 is 4.92 Å². The van der Waals surface area contributed by atoms with Gasteiger partial charge in [0.2, 0.25) is 0 Å². The number of nitro benzene ring substituents is 1. The van der Waals surface area contributed by atoms with E-state index in [0.717, 1.165) is 31.5 Å². The smallest absolute Gasteiger partial charge is 0.269 e. The van der Waals surface area contributed by atoms with Crippen molar-refractivity contribution in [2.75, 3.05) is 13.1 Å². The van der Waals surface area contributed by atoms with Gasteiger partial charge in [-0.05, 0) is 38.4 Å². The van der Waals surface area contributed by atoms with Crippen LogP contribution in [0.1, 0.15) is 31.7 Å². The van der Waals surface area contributed by atoms with Gasteiger partial charge in [0.1, 0.15) is 5.54 Å². The highest BCUT2D eigenvalue weighted by Gasteiger charge is 2.33. The van der Waals surface area contributed by atoms with Crippen LogP contribution in [0, 0.1) is 21.4 Å². The Labute approximate surface area is 119 Å². The number of non-ortho nitro benzene ring substituents is 1. The molecule has 1 aromatic carbocycles. The summed E-state index contributed by atoms with van der Waals surface area (Å²) in [6.07, 6.45) is 3.97. The van der Waals surface area contributed by atoms with Gasteiger partial charge in [0.25, 0.3) is 5.69 Å². The Morgan fingerprint density at radius 2 is 2.10 bits per heavy atom. The maximum Gasteiger partial charge on any atom is 0.269 e. The van der Waals surface area contributed by atoms with Crippen molar-refractivity contribution in [2.24, 2.45) is 0 Å². The molecule has 0 aromatic heterocycles. The molecule has 0 saturated carbocycles. The van der Waals surface area contributed by atoms with Gasteiger partial charge in [0, 0.05) is 18.6 Å². The van der Waals surface area contributed by atoms with E-state index in [-0.39, 0.29) is 5.69 Å². The molecule has 1 unspecified atom stereocenters. The van der Waals surface area contributed by atoms with E-state index < -0.39 is 10.5 Å². The van der Waals surface area contributed by atoms with Crippen LogP contribution >= 0.6 is 0 Å². The normalized spacial score (nSPS) is 19.0. The fraction of sp³-hybridized carbons (Fsp3) is 0.533. The fourth-order valence-electron chi connectivity index (χ4n) is 2.79. The second-order valence-corrected chi connectivity index (χ2v) is 5.54. The van der Waals surface area contributed by atoms with Gasteiger partial charge in [0.15, 0.2) is 0 Å². The lowest BCUT2D eigenvalue weighted by molar-refractivity contribution is -0.384. The number of nitro groups is 1. The van der Waals surface area contributed by atoms with Crippen LogP contribution in [-0.4, -0.2) is 28.5 Å². The topological polar surface area (TPSA) is 70.2 Å². The van der Waals surface area contributed by atoms with Crippen molar-refractivity contribution in [1.82, 2.24) is 4.90 Å². The SMILES string of the molecule is CC(C#N)(Cc1cccc([N+](=O)[O-])c1)N1CCCCC1. The molecule has 0 spiro atoms. The summed E-state index contributed by atoms with van der Waals surface area (Å²) >= 11 is 0. The first-order valence-electron chi connectivity index (χ1n) is 6.95. The van der Waals surface area contributed by atoms with E-state index in [4.69, 9.17) is 0 Å². The number of benzene rings is 1. The first-order chi connectivity index (χ1) is 9.55. The Balaban J connectivity index is 2.19. The Morgan fingerprint density at radius 3 is 2.70 bits per heavy atom. The summed E-state index contributed by atoms with van der Waals surface area (Å²) in [5.41, 5.74) is 0.339. The number of hydrogen-bond donors (Lipinski definition) is 0. The van der Waals surface area contributed by atoms with Crippen LogP contribution in [0.25, 0.3) is 0 Å². The molecule has 0 aliphatic carbocycles. The molecule has 1 saturated heterocycles. The minimum absolute atomic E-state index is 0.0847.